The average molecular weight is 410 g/mol. The fourth-order valence-corrected chi connectivity index (χ4v) is 3.73. The number of ether oxygens (including phenoxy) is 2. The molecule has 1 amide bonds. The number of para-hydroxylation sites is 1. The fourth-order valence-electron chi connectivity index (χ4n) is 3.73. The van der Waals surface area contributed by atoms with Crippen LogP contribution < -0.4 is 14.8 Å². The Balaban J connectivity index is 1.72. The lowest BCUT2D eigenvalue weighted by Crippen LogP contribution is -2.28. The van der Waals surface area contributed by atoms with Crippen molar-refractivity contribution in [3.63, 3.8) is 0 Å². The number of aryl methyl sites for hydroxylation is 1. The van der Waals surface area contributed by atoms with Crippen molar-refractivity contribution in [1.82, 2.24) is 9.88 Å². The van der Waals surface area contributed by atoms with E-state index in [9.17, 15) is 14.7 Å². The van der Waals surface area contributed by atoms with Gasteiger partial charge in [0.1, 0.15) is 5.69 Å². The molecule has 0 aliphatic rings. The van der Waals surface area contributed by atoms with Crippen LogP contribution in [0.2, 0.25) is 0 Å². The number of fused-ring (bicyclic) bond motifs is 1. The number of methoxy groups -OCH3 is 2. The smallest absolute Gasteiger partial charge is 0.352 e. The van der Waals surface area contributed by atoms with E-state index in [4.69, 9.17) is 9.47 Å². The molecule has 0 saturated carbocycles. The molecular weight excluding hydrogens is 384 g/mol. The zero-order chi connectivity index (χ0) is 21.7. The number of nitrogens with zero attached hydrogens (tertiary/aromatic N) is 1. The van der Waals surface area contributed by atoms with Crippen molar-refractivity contribution in [2.45, 2.75) is 26.3 Å². The first kappa shape index (κ1) is 21.2. The summed E-state index contributed by atoms with van der Waals surface area (Å²) in [6.45, 7) is 2.85. The first-order valence-electron chi connectivity index (χ1n) is 9.81. The van der Waals surface area contributed by atoms with E-state index in [1.54, 1.807) is 18.8 Å². The standard InChI is InChI=1S/C23H26N2O5/c1-4-25-18-8-6-5-7-16(18)17(22(25)23(27)28)14-21(26)24-12-11-15-9-10-19(29-2)20(13-15)30-3/h5-10,13H,4,11-12,14H2,1-3H3,(H,24,26)(H,27,28). The van der Waals surface area contributed by atoms with Crippen molar-refractivity contribution in [2.75, 3.05) is 20.8 Å². The van der Waals surface area contributed by atoms with E-state index < -0.39 is 5.97 Å². The number of carbonyl (C=O) groups is 2. The number of benzene rings is 2. The number of carbonyl (C=O) groups excluding carboxylic acids is 1. The highest BCUT2D eigenvalue weighted by Crippen LogP contribution is 2.28. The van der Waals surface area contributed by atoms with Crippen LogP contribution in [0.4, 0.5) is 0 Å². The summed E-state index contributed by atoms with van der Waals surface area (Å²) in [5.74, 6) is 0.0526. The van der Waals surface area contributed by atoms with Crippen molar-refractivity contribution >= 4 is 22.8 Å². The number of nitrogens with one attached hydrogen (secondary N) is 1. The van der Waals surface area contributed by atoms with E-state index in [2.05, 4.69) is 5.32 Å². The normalized spacial score (nSPS) is 10.8. The van der Waals surface area contributed by atoms with Crippen LogP contribution in [0.25, 0.3) is 10.9 Å². The van der Waals surface area contributed by atoms with Gasteiger partial charge >= 0.3 is 5.97 Å². The molecule has 7 heteroatoms. The maximum Gasteiger partial charge on any atom is 0.352 e. The molecule has 3 aromatic rings. The third-order valence-corrected chi connectivity index (χ3v) is 5.12. The highest BCUT2D eigenvalue weighted by molar-refractivity contribution is 6.00. The molecule has 1 heterocycles. The van der Waals surface area contributed by atoms with E-state index in [1.165, 1.54) is 0 Å². The third-order valence-electron chi connectivity index (χ3n) is 5.12. The quantitative estimate of drug-likeness (QED) is 0.565. The summed E-state index contributed by atoms with van der Waals surface area (Å²) in [4.78, 5) is 24.5. The number of rotatable bonds is 9. The van der Waals surface area contributed by atoms with Crippen LogP contribution in [0.1, 0.15) is 28.5 Å². The van der Waals surface area contributed by atoms with Crippen molar-refractivity contribution < 1.29 is 24.2 Å². The van der Waals surface area contributed by atoms with Gasteiger partial charge in [-0.1, -0.05) is 24.3 Å². The van der Waals surface area contributed by atoms with Gasteiger partial charge in [0.2, 0.25) is 5.91 Å². The van der Waals surface area contributed by atoms with Gasteiger partial charge in [-0.05, 0) is 37.1 Å². The summed E-state index contributed by atoms with van der Waals surface area (Å²) in [5.41, 5.74) is 2.55. The monoisotopic (exact) mass is 410 g/mol. The molecule has 0 aliphatic heterocycles. The Labute approximate surface area is 175 Å². The SMILES string of the molecule is CCn1c(C(=O)O)c(CC(=O)NCCc2ccc(OC)c(OC)c2)c2ccccc21. The van der Waals surface area contributed by atoms with Crippen molar-refractivity contribution in [3.05, 3.63) is 59.3 Å². The first-order chi connectivity index (χ1) is 14.5. The van der Waals surface area contributed by atoms with Gasteiger partial charge in [0, 0.05) is 29.6 Å². The van der Waals surface area contributed by atoms with Crippen LogP contribution in [0, 0.1) is 0 Å². The molecule has 1 aromatic heterocycles. The van der Waals surface area contributed by atoms with Crippen molar-refractivity contribution in [2.24, 2.45) is 0 Å². The number of aromatic carboxylic acids is 1. The summed E-state index contributed by atoms with van der Waals surface area (Å²) in [6, 6.07) is 13.1. The van der Waals surface area contributed by atoms with Crippen LogP contribution in [-0.2, 0) is 24.2 Å². The van der Waals surface area contributed by atoms with E-state index in [0.29, 0.717) is 36.6 Å². The van der Waals surface area contributed by atoms with Gasteiger partial charge in [-0.25, -0.2) is 4.79 Å². The predicted octanol–water partition coefficient (Wildman–Crippen LogP) is 3.28. The number of aromatic nitrogens is 1. The number of hydrogen-bond acceptors (Lipinski definition) is 4. The van der Waals surface area contributed by atoms with Crippen LogP contribution in [0.5, 0.6) is 11.5 Å². The van der Waals surface area contributed by atoms with E-state index in [-0.39, 0.29) is 18.0 Å². The summed E-state index contributed by atoms with van der Waals surface area (Å²) in [7, 11) is 3.16. The van der Waals surface area contributed by atoms with Crippen molar-refractivity contribution in [1.29, 1.82) is 0 Å². The van der Waals surface area contributed by atoms with Crippen molar-refractivity contribution in [3.8, 4) is 11.5 Å². The van der Waals surface area contributed by atoms with E-state index >= 15 is 0 Å². The van der Waals surface area contributed by atoms with Gasteiger partial charge in [0.15, 0.2) is 11.5 Å². The van der Waals surface area contributed by atoms with Gasteiger partial charge in [-0.15, -0.1) is 0 Å². The Morgan fingerprint density at radius 2 is 1.80 bits per heavy atom. The Kier molecular flexibility index (Phi) is 6.61. The van der Waals surface area contributed by atoms with Gasteiger partial charge < -0.3 is 24.5 Å². The number of amides is 1. The second kappa shape index (κ2) is 9.35. The molecule has 0 fully saturated rings. The molecule has 0 unspecified atom stereocenters. The maximum atomic E-state index is 12.6. The number of carboxylic acid groups (broad SMARTS) is 1. The topological polar surface area (TPSA) is 89.8 Å². The van der Waals surface area contributed by atoms with Gasteiger partial charge in [0.25, 0.3) is 0 Å². The Bertz CT molecular complexity index is 1070. The zero-order valence-corrected chi connectivity index (χ0v) is 17.4. The minimum absolute atomic E-state index is 0.0150. The van der Waals surface area contributed by atoms with Crippen LogP contribution in [0.15, 0.2) is 42.5 Å². The molecule has 3 rings (SSSR count). The molecule has 7 nitrogen and oxygen atoms in total. The molecule has 0 atom stereocenters. The first-order valence-corrected chi connectivity index (χ1v) is 9.81. The Morgan fingerprint density at radius 3 is 2.47 bits per heavy atom. The average Bonchev–Trinajstić information content (AvgIpc) is 3.07. The highest BCUT2D eigenvalue weighted by atomic mass is 16.5. The van der Waals surface area contributed by atoms with Crippen LogP contribution >= 0.6 is 0 Å². The maximum absolute atomic E-state index is 12.6. The summed E-state index contributed by atoms with van der Waals surface area (Å²) in [5, 5.41) is 13.4. The number of carboxylic acids is 1. The lowest BCUT2D eigenvalue weighted by Gasteiger charge is -2.10. The third kappa shape index (κ3) is 4.25. The van der Waals surface area contributed by atoms with E-state index in [1.807, 2.05) is 49.4 Å². The largest absolute Gasteiger partial charge is 0.493 e. The zero-order valence-electron chi connectivity index (χ0n) is 17.4. The lowest BCUT2D eigenvalue weighted by molar-refractivity contribution is -0.120. The minimum atomic E-state index is -1.03. The predicted molar refractivity (Wildman–Crippen MR) is 115 cm³/mol. The molecule has 0 radical (unpaired) electrons. The molecule has 0 aliphatic carbocycles. The Hall–Kier alpha value is -3.48. The second-order valence-corrected chi connectivity index (χ2v) is 6.86. The minimum Gasteiger partial charge on any atom is -0.493 e. The molecule has 0 bridgehead atoms. The molecule has 0 spiro atoms. The molecular formula is C23H26N2O5. The Morgan fingerprint density at radius 1 is 1.07 bits per heavy atom. The molecule has 2 aromatic carbocycles. The highest BCUT2D eigenvalue weighted by Gasteiger charge is 2.23. The molecule has 0 saturated heterocycles. The van der Waals surface area contributed by atoms with Crippen LogP contribution in [0.3, 0.4) is 0 Å². The summed E-state index contributed by atoms with van der Waals surface area (Å²) < 4.78 is 12.3. The molecule has 30 heavy (non-hydrogen) atoms. The lowest BCUT2D eigenvalue weighted by atomic mass is 10.1. The second-order valence-electron chi connectivity index (χ2n) is 6.86. The van der Waals surface area contributed by atoms with E-state index in [0.717, 1.165) is 16.5 Å². The number of hydrogen-bond donors (Lipinski definition) is 2. The van der Waals surface area contributed by atoms with Gasteiger partial charge in [-0.3, -0.25) is 4.79 Å². The summed E-state index contributed by atoms with van der Waals surface area (Å²) in [6.07, 6.45) is 0.635. The van der Waals surface area contributed by atoms with Gasteiger partial charge in [0.05, 0.1) is 20.6 Å². The fraction of sp³-hybridized carbons (Fsp3) is 0.304. The molecule has 158 valence electrons. The van der Waals surface area contributed by atoms with Gasteiger partial charge in [-0.2, -0.15) is 0 Å². The molecule has 2 N–H and O–H groups in total. The van der Waals surface area contributed by atoms with Crippen LogP contribution in [-0.4, -0.2) is 42.3 Å². The summed E-state index contributed by atoms with van der Waals surface area (Å²) >= 11 is 0.